The van der Waals surface area contributed by atoms with Crippen LogP contribution in [0.15, 0.2) is 16.9 Å². The van der Waals surface area contributed by atoms with E-state index in [4.69, 9.17) is 11.6 Å². The van der Waals surface area contributed by atoms with E-state index in [9.17, 15) is 9.18 Å². The Morgan fingerprint density at radius 2 is 1.96 bits per heavy atom. The van der Waals surface area contributed by atoms with E-state index < -0.39 is 5.82 Å². The molecule has 1 aliphatic heterocycles. The maximum atomic E-state index is 14.4. The molecule has 0 amide bonds. The Morgan fingerprint density at radius 1 is 1.24 bits per heavy atom. The number of fused-ring (bicyclic) bond motifs is 1. The summed E-state index contributed by atoms with van der Waals surface area (Å²) in [4.78, 5) is 20.0. The van der Waals surface area contributed by atoms with Gasteiger partial charge in [0.1, 0.15) is 11.3 Å². The van der Waals surface area contributed by atoms with Crippen molar-refractivity contribution in [2.75, 3.05) is 13.1 Å². The summed E-state index contributed by atoms with van der Waals surface area (Å²) in [5.41, 5.74) is -0.0748. The SMILES string of the molecule is CCC[C@H](c1nc2c(F)cc(Cl)cc2c(=O)n1CC)N1CCCCC1. The molecule has 0 spiro atoms. The molecule has 1 saturated heterocycles. The molecule has 1 aliphatic rings. The predicted molar refractivity (Wildman–Crippen MR) is 99.7 cm³/mol. The molecular formula is C19H25ClFN3O. The van der Waals surface area contributed by atoms with Crippen LogP contribution in [0.5, 0.6) is 0 Å². The smallest absolute Gasteiger partial charge is 0.261 e. The van der Waals surface area contributed by atoms with Crippen LogP contribution < -0.4 is 5.56 Å². The topological polar surface area (TPSA) is 38.1 Å². The van der Waals surface area contributed by atoms with Crippen molar-refractivity contribution in [2.24, 2.45) is 0 Å². The monoisotopic (exact) mass is 365 g/mol. The molecule has 2 aromatic rings. The van der Waals surface area contributed by atoms with E-state index in [2.05, 4.69) is 16.8 Å². The first-order valence-electron chi connectivity index (χ1n) is 9.20. The molecule has 25 heavy (non-hydrogen) atoms. The predicted octanol–water partition coefficient (Wildman–Crippen LogP) is 4.54. The first kappa shape index (κ1) is 18.3. The number of rotatable bonds is 5. The summed E-state index contributed by atoms with van der Waals surface area (Å²) in [5.74, 6) is 0.156. The van der Waals surface area contributed by atoms with Crippen molar-refractivity contribution in [3.05, 3.63) is 39.2 Å². The molecule has 1 aromatic heterocycles. The van der Waals surface area contributed by atoms with Crippen LogP contribution in [0, 0.1) is 5.82 Å². The highest BCUT2D eigenvalue weighted by molar-refractivity contribution is 6.31. The van der Waals surface area contributed by atoms with Crippen molar-refractivity contribution >= 4 is 22.5 Å². The van der Waals surface area contributed by atoms with E-state index in [1.807, 2.05) is 6.92 Å². The van der Waals surface area contributed by atoms with Gasteiger partial charge in [-0.25, -0.2) is 9.37 Å². The second-order valence-electron chi connectivity index (χ2n) is 6.70. The van der Waals surface area contributed by atoms with Crippen LogP contribution in [0.3, 0.4) is 0 Å². The van der Waals surface area contributed by atoms with Gasteiger partial charge in [-0.05, 0) is 51.4 Å². The number of hydrogen-bond donors (Lipinski definition) is 0. The number of piperidine rings is 1. The van der Waals surface area contributed by atoms with E-state index in [-0.39, 0.29) is 27.5 Å². The number of hydrogen-bond acceptors (Lipinski definition) is 3. The Labute approximate surface area is 152 Å². The molecule has 1 aromatic carbocycles. The van der Waals surface area contributed by atoms with Gasteiger partial charge in [-0.2, -0.15) is 0 Å². The molecule has 0 unspecified atom stereocenters. The van der Waals surface area contributed by atoms with Crippen molar-refractivity contribution < 1.29 is 4.39 Å². The van der Waals surface area contributed by atoms with Gasteiger partial charge in [0.05, 0.1) is 11.4 Å². The molecule has 0 bridgehead atoms. The summed E-state index contributed by atoms with van der Waals surface area (Å²) < 4.78 is 16.1. The second-order valence-corrected chi connectivity index (χ2v) is 7.14. The maximum absolute atomic E-state index is 14.4. The molecule has 0 aliphatic carbocycles. The van der Waals surface area contributed by atoms with Gasteiger partial charge >= 0.3 is 0 Å². The van der Waals surface area contributed by atoms with Crippen molar-refractivity contribution in [3.63, 3.8) is 0 Å². The van der Waals surface area contributed by atoms with Gasteiger partial charge in [0.15, 0.2) is 5.82 Å². The lowest BCUT2D eigenvalue weighted by Gasteiger charge is -2.35. The van der Waals surface area contributed by atoms with E-state index in [1.54, 1.807) is 4.57 Å². The molecule has 136 valence electrons. The summed E-state index contributed by atoms with van der Waals surface area (Å²) in [7, 11) is 0. The quantitative estimate of drug-likeness (QED) is 0.780. The minimum atomic E-state index is -0.530. The molecule has 1 atom stereocenters. The highest BCUT2D eigenvalue weighted by Crippen LogP contribution is 2.29. The first-order chi connectivity index (χ1) is 12.1. The highest BCUT2D eigenvalue weighted by atomic mass is 35.5. The molecule has 0 saturated carbocycles. The van der Waals surface area contributed by atoms with Crippen LogP contribution in [0.2, 0.25) is 5.02 Å². The zero-order valence-corrected chi connectivity index (χ0v) is 15.7. The number of likely N-dealkylation sites (tertiary alicyclic amines) is 1. The van der Waals surface area contributed by atoms with Crippen LogP contribution >= 0.6 is 11.6 Å². The lowest BCUT2D eigenvalue weighted by Crippen LogP contribution is -2.38. The van der Waals surface area contributed by atoms with Gasteiger partial charge in [0.2, 0.25) is 0 Å². The fraction of sp³-hybridized carbons (Fsp3) is 0.579. The Morgan fingerprint density at radius 3 is 2.60 bits per heavy atom. The minimum Gasteiger partial charge on any atom is -0.295 e. The van der Waals surface area contributed by atoms with Crippen molar-refractivity contribution in [1.29, 1.82) is 0 Å². The number of benzene rings is 1. The lowest BCUT2D eigenvalue weighted by molar-refractivity contribution is 0.144. The molecule has 0 radical (unpaired) electrons. The molecule has 0 N–H and O–H groups in total. The van der Waals surface area contributed by atoms with Crippen molar-refractivity contribution in [1.82, 2.24) is 14.5 Å². The van der Waals surface area contributed by atoms with Crippen molar-refractivity contribution in [3.8, 4) is 0 Å². The highest BCUT2D eigenvalue weighted by Gasteiger charge is 2.27. The van der Waals surface area contributed by atoms with Crippen LogP contribution in [-0.4, -0.2) is 27.5 Å². The standard InChI is InChI=1S/C19H25ClFN3O/c1-3-8-16(23-9-6-5-7-10-23)18-22-17-14(19(25)24(18)4-2)11-13(20)12-15(17)21/h11-12,16H,3-10H2,1-2H3/t16-/m1/s1. The van der Waals surface area contributed by atoms with Crippen LogP contribution in [0.25, 0.3) is 10.9 Å². The van der Waals surface area contributed by atoms with Gasteiger partial charge in [0, 0.05) is 11.6 Å². The van der Waals surface area contributed by atoms with Gasteiger partial charge in [-0.3, -0.25) is 14.3 Å². The maximum Gasteiger partial charge on any atom is 0.261 e. The van der Waals surface area contributed by atoms with E-state index in [1.165, 1.54) is 18.6 Å². The van der Waals surface area contributed by atoms with E-state index in [0.717, 1.165) is 38.8 Å². The average molecular weight is 366 g/mol. The Kier molecular flexibility index (Phi) is 5.74. The fourth-order valence-electron chi connectivity index (χ4n) is 3.81. The normalized spacial score (nSPS) is 17.1. The fourth-order valence-corrected chi connectivity index (χ4v) is 4.01. The summed E-state index contributed by atoms with van der Waals surface area (Å²) in [6.07, 6.45) is 5.46. The van der Waals surface area contributed by atoms with Crippen LogP contribution in [0.1, 0.15) is 57.8 Å². The number of halogens is 2. The van der Waals surface area contributed by atoms with Crippen molar-refractivity contribution in [2.45, 2.75) is 58.5 Å². The van der Waals surface area contributed by atoms with E-state index >= 15 is 0 Å². The molecule has 6 heteroatoms. The number of aromatic nitrogens is 2. The summed E-state index contributed by atoms with van der Waals surface area (Å²) in [5, 5.41) is 0.477. The first-order valence-corrected chi connectivity index (χ1v) is 9.58. The van der Waals surface area contributed by atoms with Gasteiger partial charge in [-0.15, -0.1) is 0 Å². The lowest BCUT2D eigenvalue weighted by atomic mass is 10.0. The Balaban J connectivity index is 2.20. The van der Waals surface area contributed by atoms with Gasteiger partial charge in [-0.1, -0.05) is 31.4 Å². The average Bonchev–Trinajstić information content (AvgIpc) is 2.61. The third-order valence-electron chi connectivity index (χ3n) is 5.01. The number of nitrogens with zero attached hydrogens (tertiary/aromatic N) is 3. The van der Waals surface area contributed by atoms with Gasteiger partial charge < -0.3 is 0 Å². The zero-order chi connectivity index (χ0) is 18.0. The summed E-state index contributed by atoms with van der Waals surface area (Å²) in [6.45, 7) is 6.58. The minimum absolute atomic E-state index is 0.0532. The summed E-state index contributed by atoms with van der Waals surface area (Å²) in [6, 6.07) is 2.80. The zero-order valence-electron chi connectivity index (χ0n) is 14.9. The summed E-state index contributed by atoms with van der Waals surface area (Å²) >= 11 is 5.94. The molecule has 3 rings (SSSR count). The molecule has 4 nitrogen and oxygen atoms in total. The van der Waals surface area contributed by atoms with Crippen LogP contribution in [-0.2, 0) is 6.54 Å². The second kappa shape index (κ2) is 7.83. The third kappa shape index (κ3) is 3.58. The van der Waals surface area contributed by atoms with E-state index in [0.29, 0.717) is 12.4 Å². The molecule has 2 heterocycles. The third-order valence-corrected chi connectivity index (χ3v) is 5.23. The van der Waals surface area contributed by atoms with Gasteiger partial charge in [0.25, 0.3) is 5.56 Å². The Hall–Kier alpha value is -1.46. The molecule has 1 fully saturated rings. The Bertz CT molecular complexity index is 814. The molecular weight excluding hydrogens is 341 g/mol. The largest absolute Gasteiger partial charge is 0.295 e. The van der Waals surface area contributed by atoms with Crippen LogP contribution in [0.4, 0.5) is 4.39 Å².